The lowest BCUT2D eigenvalue weighted by molar-refractivity contribution is 0.0663. The van der Waals surface area contributed by atoms with Crippen LogP contribution < -0.4 is 5.32 Å². The molecular formula is C16H22FN3O2. The van der Waals surface area contributed by atoms with Crippen molar-refractivity contribution in [1.82, 2.24) is 15.1 Å². The maximum Gasteiger partial charge on any atom is 0.317 e. The topological polar surface area (TPSA) is 52.7 Å². The number of urea groups is 1. The summed E-state index contributed by atoms with van der Waals surface area (Å²) in [6.45, 7) is 7.36. The van der Waals surface area contributed by atoms with Gasteiger partial charge in [0.05, 0.1) is 0 Å². The Morgan fingerprint density at radius 1 is 1.14 bits per heavy atom. The summed E-state index contributed by atoms with van der Waals surface area (Å²) in [5, 5.41) is 2.84. The minimum Gasteiger partial charge on any atom is -0.336 e. The molecule has 1 aromatic carbocycles. The van der Waals surface area contributed by atoms with Crippen LogP contribution in [0, 0.1) is 12.7 Å². The lowest BCUT2D eigenvalue weighted by Gasteiger charge is -2.35. The van der Waals surface area contributed by atoms with Crippen molar-refractivity contribution in [2.75, 3.05) is 26.2 Å². The van der Waals surface area contributed by atoms with Gasteiger partial charge in [0.15, 0.2) is 0 Å². The van der Waals surface area contributed by atoms with E-state index < -0.39 is 0 Å². The monoisotopic (exact) mass is 307 g/mol. The summed E-state index contributed by atoms with van der Waals surface area (Å²) >= 11 is 0. The normalized spacial score (nSPS) is 15.1. The standard InChI is InChI=1S/C16H22FN3O2/c1-11(2)18-16(22)20-8-6-19(7-9-20)15(21)13-5-4-12(3)14(17)10-13/h4-5,10-11H,6-9H2,1-3H3,(H,18,22). The molecule has 2 rings (SSSR count). The molecule has 3 amide bonds. The van der Waals surface area contributed by atoms with E-state index >= 15 is 0 Å². The van der Waals surface area contributed by atoms with E-state index in [1.54, 1.807) is 28.9 Å². The van der Waals surface area contributed by atoms with Crippen molar-refractivity contribution < 1.29 is 14.0 Å². The Labute approximate surface area is 130 Å². The van der Waals surface area contributed by atoms with Crippen LogP contribution in [-0.4, -0.2) is 54.0 Å². The van der Waals surface area contributed by atoms with Crippen LogP contribution in [-0.2, 0) is 0 Å². The van der Waals surface area contributed by atoms with Crippen molar-refractivity contribution in [3.05, 3.63) is 35.1 Å². The smallest absolute Gasteiger partial charge is 0.317 e. The predicted octanol–water partition coefficient (Wildman–Crippen LogP) is 2.01. The highest BCUT2D eigenvalue weighted by atomic mass is 19.1. The minimum atomic E-state index is -0.374. The molecule has 0 aromatic heterocycles. The zero-order valence-electron chi connectivity index (χ0n) is 13.2. The van der Waals surface area contributed by atoms with Crippen molar-refractivity contribution in [2.24, 2.45) is 0 Å². The molecular weight excluding hydrogens is 285 g/mol. The van der Waals surface area contributed by atoms with Crippen molar-refractivity contribution >= 4 is 11.9 Å². The summed E-state index contributed by atoms with van der Waals surface area (Å²) in [6, 6.07) is 4.49. The predicted molar refractivity (Wildman–Crippen MR) is 82.3 cm³/mol. The van der Waals surface area contributed by atoms with Gasteiger partial charge in [-0.1, -0.05) is 6.07 Å². The van der Waals surface area contributed by atoms with Gasteiger partial charge >= 0.3 is 6.03 Å². The third kappa shape index (κ3) is 3.75. The van der Waals surface area contributed by atoms with Crippen LogP contribution in [0.1, 0.15) is 29.8 Å². The molecule has 1 N–H and O–H groups in total. The summed E-state index contributed by atoms with van der Waals surface area (Å²) in [6.07, 6.45) is 0. The van der Waals surface area contributed by atoms with E-state index in [2.05, 4.69) is 5.32 Å². The zero-order chi connectivity index (χ0) is 16.3. The SMILES string of the molecule is Cc1ccc(C(=O)N2CCN(C(=O)NC(C)C)CC2)cc1F. The molecule has 1 fully saturated rings. The van der Waals surface area contributed by atoms with Crippen molar-refractivity contribution in [3.8, 4) is 0 Å². The lowest BCUT2D eigenvalue weighted by atomic mass is 10.1. The van der Waals surface area contributed by atoms with E-state index in [-0.39, 0.29) is 23.8 Å². The number of nitrogens with one attached hydrogen (secondary N) is 1. The first-order valence-electron chi connectivity index (χ1n) is 7.49. The molecule has 1 aliphatic rings. The third-order valence-electron chi connectivity index (χ3n) is 3.69. The van der Waals surface area contributed by atoms with Gasteiger partial charge in [0.25, 0.3) is 5.91 Å². The Morgan fingerprint density at radius 3 is 2.27 bits per heavy atom. The van der Waals surface area contributed by atoms with E-state index in [4.69, 9.17) is 0 Å². The van der Waals surface area contributed by atoms with Gasteiger partial charge in [-0.15, -0.1) is 0 Å². The Hall–Kier alpha value is -2.11. The second-order valence-corrected chi connectivity index (χ2v) is 5.85. The highest BCUT2D eigenvalue weighted by molar-refractivity contribution is 5.94. The first kappa shape index (κ1) is 16.3. The van der Waals surface area contributed by atoms with Crippen LogP contribution in [0.15, 0.2) is 18.2 Å². The van der Waals surface area contributed by atoms with Gasteiger partial charge in [0.1, 0.15) is 5.82 Å². The van der Waals surface area contributed by atoms with Gasteiger partial charge in [-0.25, -0.2) is 9.18 Å². The minimum absolute atomic E-state index is 0.0858. The Kier molecular flexibility index (Phi) is 5.00. The summed E-state index contributed by atoms with van der Waals surface area (Å²) in [4.78, 5) is 27.6. The lowest BCUT2D eigenvalue weighted by Crippen LogP contribution is -2.54. The van der Waals surface area contributed by atoms with Gasteiger partial charge in [-0.05, 0) is 38.5 Å². The summed E-state index contributed by atoms with van der Waals surface area (Å²) in [5.74, 6) is -0.566. The van der Waals surface area contributed by atoms with Gasteiger partial charge in [0, 0.05) is 37.8 Å². The molecule has 1 saturated heterocycles. The number of amides is 3. The molecule has 22 heavy (non-hydrogen) atoms. The zero-order valence-corrected chi connectivity index (χ0v) is 13.2. The average Bonchev–Trinajstić information content (AvgIpc) is 2.49. The molecule has 5 nitrogen and oxygen atoms in total. The maximum absolute atomic E-state index is 13.6. The second kappa shape index (κ2) is 6.77. The maximum atomic E-state index is 13.6. The molecule has 0 aliphatic carbocycles. The number of carbonyl (C=O) groups is 2. The second-order valence-electron chi connectivity index (χ2n) is 5.85. The first-order chi connectivity index (χ1) is 10.4. The number of halogens is 1. The Bertz CT molecular complexity index is 567. The third-order valence-corrected chi connectivity index (χ3v) is 3.69. The number of hydrogen-bond donors (Lipinski definition) is 1. The van der Waals surface area contributed by atoms with Crippen molar-refractivity contribution in [1.29, 1.82) is 0 Å². The number of aryl methyl sites for hydroxylation is 1. The Balaban J connectivity index is 1.95. The van der Waals surface area contributed by atoms with E-state index in [1.165, 1.54) is 6.07 Å². The van der Waals surface area contributed by atoms with E-state index in [0.29, 0.717) is 37.3 Å². The number of piperazine rings is 1. The molecule has 6 heteroatoms. The average molecular weight is 307 g/mol. The summed E-state index contributed by atoms with van der Waals surface area (Å²) in [5.41, 5.74) is 0.870. The van der Waals surface area contributed by atoms with E-state index in [0.717, 1.165) is 0 Å². The molecule has 0 bridgehead atoms. The number of nitrogens with zero attached hydrogens (tertiary/aromatic N) is 2. The van der Waals surface area contributed by atoms with Crippen LogP contribution in [0.2, 0.25) is 0 Å². The molecule has 0 spiro atoms. The molecule has 120 valence electrons. The summed E-state index contributed by atoms with van der Waals surface area (Å²) in [7, 11) is 0. The Morgan fingerprint density at radius 2 is 1.73 bits per heavy atom. The van der Waals surface area contributed by atoms with Crippen LogP contribution in [0.4, 0.5) is 9.18 Å². The van der Waals surface area contributed by atoms with Crippen LogP contribution in [0.5, 0.6) is 0 Å². The van der Waals surface area contributed by atoms with Gasteiger partial charge in [-0.3, -0.25) is 4.79 Å². The fourth-order valence-electron chi connectivity index (χ4n) is 2.36. The largest absolute Gasteiger partial charge is 0.336 e. The van der Waals surface area contributed by atoms with E-state index in [9.17, 15) is 14.0 Å². The number of carbonyl (C=O) groups excluding carboxylic acids is 2. The molecule has 0 atom stereocenters. The van der Waals surface area contributed by atoms with Crippen molar-refractivity contribution in [2.45, 2.75) is 26.8 Å². The van der Waals surface area contributed by atoms with Crippen LogP contribution in [0.3, 0.4) is 0 Å². The quantitative estimate of drug-likeness (QED) is 0.908. The van der Waals surface area contributed by atoms with Crippen molar-refractivity contribution in [3.63, 3.8) is 0 Å². The summed E-state index contributed by atoms with van der Waals surface area (Å²) < 4.78 is 13.6. The molecule has 1 aromatic rings. The highest BCUT2D eigenvalue weighted by Gasteiger charge is 2.25. The van der Waals surface area contributed by atoms with E-state index in [1.807, 2.05) is 13.8 Å². The van der Waals surface area contributed by atoms with Gasteiger partial charge < -0.3 is 15.1 Å². The molecule has 1 heterocycles. The number of benzene rings is 1. The molecule has 1 aliphatic heterocycles. The van der Waals surface area contributed by atoms with Gasteiger partial charge in [0.2, 0.25) is 0 Å². The first-order valence-corrected chi connectivity index (χ1v) is 7.49. The van der Waals surface area contributed by atoms with Crippen LogP contribution in [0.25, 0.3) is 0 Å². The number of hydrogen-bond acceptors (Lipinski definition) is 2. The molecule has 0 radical (unpaired) electrons. The van der Waals surface area contributed by atoms with Gasteiger partial charge in [-0.2, -0.15) is 0 Å². The molecule has 0 saturated carbocycles. The molecule has 0 unspecified atom stereocenters. The fraction of sp³-hybridized carbons (Fsp3) is 0.500. The van der Waals surface area contributed by atoms with Crippen LogP contribution >= 0.6 is 0 Å². The number of rotatable bonds is 2. The fourth-order valence-corrected chi connectivity index (χ4v) is 2.36. The highest BCUT2D eigenvalue weighted by Crippen LogP contribution is 2.13.